The SMILES string of the molecule is O=P(O)(O)N(N=C1CCCCC1)C1CCCCC1. The van der Waals surface area contributed by atoms with Crippen LogP contribution in [0.15, 0.2) is 5.10 Å². The summed E-state index contributed by atoms with van der Waals surface area (Å²) in [5.74, 6) is 0. The van der Waals surface area contributed by atoms with E-state index in [9.17, 15) is 14.4 Å². The zero-order valence-electron chi connectivity index (χ0n) is 10.8. The Morgan fingerprint density at radius 1 is 1.00 bits per heavy atom. The molecule has 0 amide bonds. The van der Waals surface area contributed by atoms with Gasteiger partial charge in [0.05, 0.1) is 6.04 Å². The molecule has 0 bridgehead atoms. The number of hydrogen-bond donors (Lipinski definition) is 2. The molecule has 0 aromatic heterocycles. The minimum absolute atomic E-state index is 0.0750. The molecule has 2 saturated carbocycles. The van der Waals surface area contributed by atoms with Gasteiger partial charge in [0.2, 0.25) is 0 Å². The summed E-state index contributed by atoms with van der Waals surface area (Å²) in [7, 11) is -4.27. The molecule has 0 aromatic rings. The topological polar surface area (TPSA) is 73.1 Å². The molecular weight excluding hydrogens is 251 g/mol. The molecule has 0 saturated heterocycles. The molecule has 2 aliphatic carbocycles. The van der Waals surface area contributed by atoms with E-state index >= 15 is 0 Å². The molecule has 0 spiro atoms. The normalized spacial score (nSPS) is 22.9. The highest BCUT2D eigenvalue weighted by Gasteiger charge is 2.33. The summed E-state index contributed by atoms with van der Waals surface area (Å²) < 4.78 is 12.7. The third-order valence-corrected chi connectivity index (χ3v) is 4.79. The van der Waals surface area contributed by atoms with Gasteiger partial charge >= 0.3 is 7.75 Å². The molecule has 6 heteroatoms. The molecule has 2 N–H and O–H groups in total. The molecule has 2 fully saturated rings. The first-order chi connectivity index (χ1) is 8.57. The smallest absolute Gasteiger partial charge is 0.307 e. The second kappa shape index (κ2) is 6.18. The van der Waals surface area contributed by atoms with Crippen LogP contribution in [0.25, 0.3) is 0 Å². The lowest BCUT2D eigenvalue weighted by molar-refractivity contribution is 0.197. The van der Waals surface area contributed by atoms with Crippen molar-refractivity contribution in [3.05, 3.63) is 0 Å². The fourth-order valence-electron chi connectivity index (χ4n) is 2.87. The standard InChI is InChI=1S/C12H23N2O3P/c15-18(16,17)14(12-9-5-2-6-10-12)13-11-7-3-1-4-8-11/h12H,1-10H2,(H2,15,16,17). The first kappa shape index (κ1) is 14.0. The quantitative estimate of drug-likeness (QED) is 0.613. The Morgan fingerprint density at radius 3 is 2.11 bits per heavy atom. The van der Waals surface area contributed by atoms with Gasteiger partial charge in [-0.05, 0) is 38.5 Å². The van der Waals surface area contributed by atoms with Gasteiger partial charge in [-0.1, -0.05) is 25.7 Å². The van der Waals surface area contributed by atoms with Gasteiger partial charge in [0.1, 0.15) is 0 Å². The maximum absolute atomic E-state index is 11.6. The second-order valence-corrected chi connectivity index (χ2v) is 6.79. The van der Waals surface area contributed by atoms with E-state index < -0.39 is 7.75 Å². The van der Waals surface area contributed by atoms with E-state index in [0.29, 0.717) is 0 Å². The van der Waals surface area contributed by atoms with E-state index in [-0.39, 0.29) is 6.04 Å². The molecule has 0 unspecified atom stereocenters. The van der Waals surface area contributed by atoms with Crippen molar-refractivity contribution in [2.45, 2.75) is 70.3 Å². The summed E-state index contributed by atoms with van der Waals surface area (Å²) in [6, 6.07) is -0.0750. The van der Waals surface area contributed by atoms with Crippen molar-refractivity contribution in [3.8, 4) is 0 Å². The van der Waals surface area contributed by atoms with Crippen LogP contribution in [0.3, 0.4) is 0 Å². The maximum Gasteiger partial charge on any atom is 0.445 e. The monoisotopic (exact) mass is 274 g/mol. The predicted octanol–water partition coefficient (Wildman–Crippen LogP) is 3.03. The zero-order valence-corrected chi connectivity index (χ0v) is 11.7. The third kappa shape index (κ3) is 3.81. The summed E-state index contributed by atoms with van der Waals surface area (Å²) in [6.45, 7) is 0. The average molecular weight is 274 g/mol. The Bertz CT molecular complexity index is 339. The minimum atomic E-state index is -4.27. The van der Waals surface area contributed by atoms with Crippen molar-refractivity contribution in [2.24, 2.45) is 5.10 Å². The number of hydrazone groups is 1. The Morgan fingerprint density at radius 2 is 1.56 bits per heavy atom. The molecular formula is C12H23N2O3P. The predicted molar refractivity (Wildman–Crippen MR) is 71.3 cm³/mol. The van der Waals surface area contributed by atoms with Gasteiger partial charge in [0, 0.05) is 5.71 Å². The van der Waals surface area contributed by atoms with Crippen LogP contribution >= 0.6 is 7.75 Å². The van der Waals surface area contributed by atoms with Crippen molar-refractivity contribution in [3.63, 3.8) is 0 Å². The molecule has 0 heterocycles. The average Bonchev–Trinajstić information content (AvgIpc) is 2.37. The van der Waals surface area contributed by atoms with Crippen molar-refractivity contribution in [1.82, 2.24) is 4.78 Å². The summed E-state index contributed by atoms with van der Waals surface area (Å²) in [5.41, 5.74) is 0.968. The molecule has 104 valence electrons. The molecule has 0 aliphatic heterocycles. The van der Waals surface area contributed by atoms with Crippen LogP contribution in [0.2, 0.25) is 0 Å². The van der Waals surface area contributed by atoms with Crippen LogP contribution in [-0.4, -0.2) is 26.3 Å². The van der Waals surface area contributed by atoms with Gasteiger partial charge < -0.3 is 9.79 Å². The van der Waals surface area contributed by atoms with Gasteiger partial charge in [-0.15, -0.1) is 0 Å². The van der Waals surface area contributed by atoms with E-state index in [4.69, 9.17) is 0 Å². The van der Waals surface area contributed by atoms with Gasteiger partial charge in [0.25, 0.3) is 0 Å². The minimum Gasteiger partial charge on any atom is -0.307 e. The van der Waals surface area contributed by atoms with E-state index in [1.54, 1.807) is 0 Å². The molecule has 0 radical (unpaired) electrons. The summed E-state index contributed by atoms with van der Waals surface area (Å²) >= 11 is 0. The second-order valence-electron chi connectivity index (χ2n) is 5.35. The third-order valence-electron chi connectivity index (χ3n) is 3.84. The Balaban J connectivity index is 2.11. The van der Waals surface area contributed by atoms with Crippen LogP contribution in [0.1, 0.15) is 64.2 Å². The summed E-state index contributed by atoms with van der Waals surface area (Å²) in [5, 5.41) is 4.32. The van der Waals surface area contributed by atoms with E-state index in [2.05, 4.69) is 5.10 Å². The molecule has 18 heavy (non-hydrogen) atoms. The summed E-state index contributed by atoms with van der Waals surface area (Å²) in [4.78, 5) is 19.0. The van der Waals surface area contributed by atoms with Crippen molar-refractivity contribution < 1.29 is 14.4 Å². The van der Waals surface area contributed by atoms with Crippen molar-refractivity contribution >= 4 is 13.5 Å². The van der Waals surface area contributed by atoms with Crippen LogP contribution in [0.5, 0.6) is 0 Å². The van der Waals surface area contributed by atoms with Crippen LogP contribution in [0.4, 0.5) is 0 Å². The fourth-order valence-corrected chi connectivity index (χ4v) is 3.77. The number of rotatable bonds is 3. The first-order valence-electron chi connectivity index (χ1n) is 6.99. The van der Waals surface area contributed by atoms with E-state index in [1.807, 2.05) is 0 Å². The van der Waals surface area contributed by atoms with E-state index in [1.165, 1.54) is 12.8 Å². The lowest BCUT2D eigenvalue weighted by atomic mass is 9.96. The van der Waals surface area contributed by atoms with Crippen LogP contribution in [-0.2, 0) is 4.57 Å². The number of hydrogen-bond acceptors (Lipinski definition) is 2. The fraction of sp³-hybridized carbons (Fsp3) is 0.917. The van der Waals surface area contributed by atoms with E-state index in [0.717, 1.165) is 61.9 Å². The number of nitrogens with zero attached hydrogens (tertiary/aromatic N) is 2. The molecule has 0 atom stereocenters. The molecule has 2 rings (SSSR count). The van der Waals surface area contributed by atoms with Crippen molar-refractivity contribution in [1.29, 1.82) is 0 Å². The lowest BCUT2D eigenvalue weighted by Crippen LogP contribution is -2.31. The maximum atomic E-state index is 11.6. The van der Waals surface area contributed by atoms with Gasteiger partial charge in [-0.3, -0.25) is 0 Å². The van der Waals surface area contributed by atoms with Gasteiger partial charge in [-0.25, -0.2) is 4.57 Å². The zero-order chi connectivity index (χ0) is 13.0. The van der Waals surface area contributed by atoms with Gasteiger partial charge in [0.15, 0.2) is 0 Å². The molecule has 2 aliphatic rings. The first-order valence-corrected chi connectivity index (χ1v) is 8.55. The Kier molecular flexibility index (Phi) is 4.82. The van der Waals surface area contributed by atoms with Gasteiger partial charge in [-0.2, -0.15) is 9.88 Å². The molecule has 0 aromatic carbocycles. The summed E-state index contributed by atoms with van der Waals surface area (Å²) in [6.07, 6.45) is 10.1. The Labute approximate surface area is 108 Å². The highest BCUT2D eigenvalue weighted by atomic mass is 31.2. The van der Waals surface area contributed by atoms with Crippen molar-refractivity contribution in [2.75, 3.05) is 0 Å². The Hall–Kier alpha value is -0.380. The lowest BCUT2D eigenvalue weighted by Gasteiger charge is -2.33. The highest BCUT2D eigenvalue weighted by Crippen LogP contribution is 2.45. The van der Waals surface area contributed by atoms with Crippen LogP contribution < -0.4 is 0 Å². The molecule has 5 nitrogen and oxygen atoms in total. The van der Waals surface area contributed by atoms with Crippen LogP contribution in [0, 0.1) is 0 Å². The largest absolute Gasteiger partial charge is 0.445 e. The highest BCUT2D eigenvalue weighted by molar-refractivity contribution is 7.49.